The molecule has 4 rings (SSSR count). The summed E-state index contributed by atoms with van der Waals surface area (Å²) in [6, 6.07) is 14.7. The molecule has 0 bridgehead atoms. The molecule has 5 nitrogen and oxygen atoms in total. The Bertz CT molecular complexity index is 944. The van der Waals surface area contributed by atoms with E-state index in [0.29, 0.717) is 16.6 Å². The molecule has 7 heteroatoms. The van der Waals surface area contributed by atoms with Gasteiger partial charge >= 0.3 is 0 Å². The van der Waals surface area contributed by atoms with E-state index in [4.69, 9.17) is 16.6 Å². The standard InChI is InChI=1S/C20H19ClN4OS/c21-15-6-8-17(9-7-15)27(26)14-16-13-19(25-11-3-4-12-25)24-20(23-16)18-5-1-2-10-22-18/h1-2,5-10,13H,3-4,11-12,14H2. The van der Waals surface area contributed by atoms with Gasteiger partial charge in [-0.25, -0.2) is 9.97 Å². The van der Waals surface area contributed by atoms with Gasteiger partial charge in [0.15, 0.2) is 5.82 Å². The fraction of sp³-hybridized carbons (Fsp3) is 0.250. The van der Waals surface area contributed by atoms with Gasteiger partial charge in [-0.1, -0.05) is 17.7 Å². The minimum atomic E-state index is -1.20. The average molecular weight is 399 g/mol. The molecule has 1 aromatic carbocycles. The van der Waals surface area contributed by atoms with Crippen molar-refractivity contribution in [1.29, 1.82) is 0 Å². The molecule has 2 aromatic heterocycles. The molecule has 3 heterocycles. The number of halogens is 1. The summed E-state index contributed by atoms with van der Waals surface area (Å²) < 4.78 is 12.8. The number of benzene rings is 1. The summed E-state index contributed by atoms with van der Waals surface area (Å²) >= 11 is 5.93. The van der Waals surface area contributed by atoms with Crippen molar-refractivity contribution >= 4 is 28.2 Å². The number of hydrogen-bond donors (Lipinski definition) is 0. The van der Waals surface area contributed by atoms with Crippen LogP contribution < -0.4 is 4.90 Å². The molecule has 1 aliphatic rings. The lowest BCUT2D eigenvalue weighted by molar-refractivity contribution is 0.682. The highest BCUT2D eigenvalue weighted by Crippen LogP contribution is 2.24. The van der Waals surface area contributed by atoms with Crippen molar-refractivity contribution in [2.45, 2.75) is 23.5 Å². The van der Waals surface area contributed by atoms with Crippen LogP contribution in [0, 0.1) is 0 Å². The van der Waals surface area contributed by atoms with Crippen LogP contribution in [0.15, 0.2) is 59.6 Å². The van der Waals surface area contributed by atoms with Gasteiger partial charge in [0.05, 0.1) is 22.2 Å². The zero-order valence-corrected chi connectivity index (χ0v) is 16.3. The molecule has 0 amide bonds. The molecule has 0 aliphatic carbocycles. The van der Waals surface area contributed by atoms with Crippen LogP contribution in [0.3, 0.4) is 0 Å². The van der Waals surface area contributed by atoms with Crippen molar-refractivity contribution in [3.63, 3.8) is 0 Å². The molecule has 0 spiro atoms. The summed E-state index contributed by atoms with van der Waals surface area (Å²) in [7, 11) is -1.20. The maximum absolute atomic E-state index is 12.8. The lowest BCUT2D eigenvalue weighted by Crippen LogP contribution is -2.20. The minimum Gasteiger partial charge on any atom is -0.356 e. The first-order valence-corrected chi connectivity index (χ1v) is 10.6. The summed E-state index contributed by atoms with van der Waals surface area (Å²) in [5.74, 6) is 1.78. The van der Waals surface area contributed by atoms with Crippen LogP contribution in [-0.4, -0.2) is 32.3 Å². The van der Waals surface area contributed by atoms with Gasteiger partial charge in [-0.3, -0.25) is 9.19 Å². The highest BCUT2D eigenvalue weighted by atomic mass is 35.5. The van der Waals surface area contributed by atoms with Gasteiger partial charge in [0.25, 0.3) is 0 Å². The molecule has 3 aromatic rings. The summed E-state index contributed by atoms with van der Waals surface area (Å²) in [4.78, 5) is 16.7. The first-order valence-electron chi connectivity index (χ1n) is 8.87. The van der Waals surface area contributed by atoms with Crippen LogP contribution >= 0.6 is 11.6 Å². The van der Waals surface area contributed by atoms with Crippen molar-refractivity contribution in [2.24, 2.45) is 0 Å². The minimum absolute atomic E-state index is 0.324. The number of pyridine rings is 1. The highest BCUT2D eigenvalue weighted by molar-refractivity contribution is 7.84. The second-order valence-electron chi connectivity index (χ2n) is 6.39. The molecule has 0 radical (unpaired) electrons. The van der Waals surface area contributed by atoms with E-state index < -0.39 is 10.8 Å². The summed E-state index contributed by atoms with van der Waals surface area (Å²) in [5.41, 5.74) is 1.47. The van der Waals surface area contributed by atoms with E-state index in [1.165, 1.54) is 0 Å². The smallest absolute Gasteiger partial charge is 0.180 e. The molecule has 27 heavy (non-hydrogen) atoms. The molecule has 0 N–H and O–H groups in total. The van der Waals surface area contributed by atoms with E-state index in [9.17, 15) is 4.21 Å². The molecular weight excluding hydrogens is 380 g/mol. The van der Waals surface area contributed by atoms with Crippen molar-refractivity contribution < 1.29 is 4.21 Å². The maximum Gasteiger partial charge on any atom is 0.180 e. The van der Waals surface area contributed by atoms with Gasteiger partial charge in [-0.2, -0.15) is 0 Å². The Kier molecular flexibility index (Phi) is 5.45. The van der Waals surface area contributed by atoms with Gasteiger partial charge in [0.2, 0.25) is 0 Å². The third kappa shape index (κ3) is 4.34. The van der Waals surface area contributed by atoms with E-state index >= 15 is 0 Å². The van der Waals surface area contributed by atoms with Crippen LogP contribution in [0.5, 0.6) is 0 Å². The van der Waals surface area contributed by atoms with Crippen molar-refractivity contribution in [1.82, 2.24) is 15.0 Å². The van der Waals surface area contributed by atoms with Gasteiger partial charge < -0.3 is 4.90 Å². The van der Waals surface area contributed by atoms with Crippen LogP contribution in [-0.2, 0) is 16.6 Å². The van der Waals surface area contributed by atoms with Gasteiger partial charge in [0, 0.05) is 35.3 Å². The topological polar surface area (TPSA) is 59.0 Å². The Balaban J connectivity index is 1.67. The SMILES string of the molecule is O=S(Cc1cc(N2CCCC2)nc(-c2ccccn2)n1)c1ccc(Cl)cc1. The van der Waals surface area contributed by atoms with Crippen molar-refractivity contribution in [2.75, 3.05) is 18.0 Å². The Morgan fingerprint density at radius 2 is 1.81 bits per heavy atom. The van der Waals surface area contributed by atoms with E-state index in [1.807, 2.05) is 24.3 Å². The van der Waals surface area contributed by atoms with Gasteiger partial charge in [-0.05, 0) is 49.2 Å². The summed E-state index contributed by atoms with van der Waals surface area (Å²) in [6.45, 7) is 1.97. The monoisotopic (exact) mass is 398 g/mol. The van der Waals surface area contributed by atoms with Gasteiger partial charge in [0.1, 0.15) is 11.5 Å². The Labute approximate surface area is 165 Å². The van der Waals surface area contributed by atoms with Crippen LogP contribution in [0.1, 0.15) is 18.5 Å². The van der Waals surface area contributed by atoms with Crippen LogP contribution in [0.25, 0.3) is 11.5 Å². The first-order chi connectivity index (χ1) is 13.2. The van der Waals surface area contributed by atoms with Gasteiger partial charge in [-0.15, -0.1) is 0 Å². The van der Waals surface area contributed by atoms with E-state index in [0.717, 1.165) is 48.0 Å². The summed E-state index contributed by atoms with van der Waals surface area (Å²) in [5, 5.41) is 0.631. The van der Waals surface area contributed by atoms with Crippen LogP contribution in [0.4, 0.5) is 5.82 Å². The highest BCUT2D eigenvalue weighted by Gasteiger charge is 2.18. The molecule has 138 valence electrons. The van der Waals surface area contributed by atoms with Crippen molar-refractivity contribution in [3.05, 3.63) is 65.4 Å². The molecule has 1 fully saturated rings. The number of nitrogens with zero attached hydrogens (tertiary/aromatic N) is 4. The number of aromatic nitrogens is 3. The number of hydrogen-bond acceptors (Lipinski definition) is 5. The maximum atomic E-state index is 12.8. The average Bonchev–Trinajstić information content (AvgIpc) is 3.24. The molecule has 1 atom stereocenters. The quantitative estimate of drug-likeness (QED) is 0.647. The lowest BCUT2D eigenvalue weighted by atomic mass is 10.3. The fourth-order valence-electron chi connectivity index (χ4n) is 3.08. The zero-order valence-electron chi connectivity index (χ0n) is 14.7. The van der Waals surface area contributed by atoms with E-state index in [2.05, 4.69) is 14.9 Å². The van der Waals surface area contributed by atoms with Crippen LogP contribution in [0.2, 0.25) is 5.02 Å². The largest absolute Gasteiger partial charge is 0.356 e. The Morgan fingerprint density at radius 1 is 1.04 bits per heavy atom. The second-order valence-corrected chi connectivity index (χ2v) is 8.28. The summed E-state index contributed by atoms with van der Waals surface area (Å²) in [6.07, 6.45) is 4.05. The number of anilines is 1. The number of rotatable bonds is 5. The predicted molar refractivity (Wildman–Crippen MR) is 108 cm³/mol. The molecule has 1 unspecified atom stereocenters. The second kappa shape index (κ2) is 8.15. The normalized spacial score (nSPS) is 15.1. The van der Waals surface area contributed by atoms with Crippen molar-refractivity contribution in [3.8, 4) is 11.5 Å². The predicted octanol–water partition coefficient (Wildman–Crippen LogP) is 4.10. The molecular formula is C20H19ClN4OS. The lowest BCUT2D eigenvalue weighted by Gasteiger charge is -2.18. The Hall–Kier alpha value is -2.31. The third-order valence-corrected chi connectivity index (χ3v) is 6.05. The molecule has 1 saturated heterocycles. The fourth-order valence-corrected chi connectivity index (χ4v) is 4.23. The third-order valence-electron chi connectivity index (χ3n) is 4.45. The zero-order chi connectivity index (χ0) is 18.6. The first kappa shape index (κ1) is 18.1. The Morgan fingerprint density at radius 3 is 2.52 bits per heavy atom. The molecule has 0 saturated carbocycles. The van der Waals surface area contributed by atoms with E-state index in [1.54, 1.807) is 30.5 Å². The van der Waals surface area contributed by atoms with E-state index in [-0.39, 0.29) is 0 Å². The molecule has 1 aliphatic heterocycles.